The van der Waals surface area contributed by atoms with Crippen LogP contribution >= 0.6 is 11.8 Å². The van der Waals surface area contributed by atoms with Gasteiger partial charge in [0, 0.05) is 35.4 Å². The molecule has 36 heavy (non-hydrogen) atoms. The van der Waals surface area contributed by atoms with Crippen LogP contribution in [0.25, 0.3) is 0 Å². The van der Waals surface area contributed by atoms with Gasteiger partial charge in [-0.15, -0.1) is 11.8 Å². The number of nitrogens with one attached hydrogen (secondary N) is 1. The van der Waals surface area contributed by atoms with E-state index in [1.807, 2.05) is 41.5 Å². The monoisotopic (exact) mass is 519 g/mol. The summed E-state index contributed by atoms with van der Waals surface area (Å²) in [6.45, 7) is 12.3. The number of carboxylic acid groups (broad SMARTS) is 2. The van der Waals surface area contributed by atoms with E-state index in [-0.39, 0.29) is 46.2 Å². The third-order valence-corrected chi connectivity index (χ3v) is 8.04. The molecule has 1 aromatic rings. The van der Waals surface area contributed by atoms with Crippen LogP contribution < -0.4 is 10.2 Å². The lowest BCUT2D eigenvalue weighted by Crippen LogP contribution is -2.59. The number of aliphatic carboxylic acids is 1. The molecule has 0 aliphatic carbocycles. The summed E-state index contributed by atoms with van der Waals surface area (Å²) in [6.07, 6.45) is 0.504. The summed E-state index contributed by atoms with van der Waals surface area (Å²) < 4.78 is 0. The fraction of sp³-hybridized carbons (Fsp3) is 0.538. The van der Waals surface area contributed by atoms with E-state index < -0.39 is 18.0 Å². The van der Waals surface area contributed by atoms with Gasteiger partial charge in [0.2, 0.25) is 11.8 Å². The Balaban J connectivity index is 0.00000109. The number of hydrogen-bond acceptors (Lipinski definition) is 6. The number of nitrogens with zero attached hydrogens (tertiary/aromatic N) is 2. The summed E-state index contributed by atoms with van der Waals surface area (Å²) in [5.41, 5.74) is 0.671. The summed E-state index contributed by atoms with van der Waals surface area (Å²) in [5, 5.41) is 22.1. The topological polar surface area (TPSA) is 127 Å². The van der Waals surface area contributed by atoms with Crippen molar-refractivity contribution < 1.29 is 29.4 Å². The standard InChI is InChI=1S/C22H25N3O6S.2C2H6/c1-10-16-11(2)19(26)25(16)17(22(30)31)18(10)32-14-8-15(23-9-14)20(27)24(3)13-6-4-5-12(7-13)21(28)29;2*1-2/h4-7,10-11,14-16,23H,8-9H2,1-3H3,(H,28,29)(H,30,31);2*1-2H3. The molecule has 10 heteroatoms. The Hall–Kier alpha value is -2.85. The highest BCUT2D eigenvalue weighted by Gasteiger charge is 2.57. The van der Waals surface area contributed by atoms with Crippen LogP contribution in [0.5, 0.6) is 0 Å². The zero-order valence-electron chi connectivity index (χ0n) is 21.9. The van der Waals surface area contributed by atoms with Crippen LogP contribution in [-0.2, 0) is 14.4 Å². The van der Waals surface area contributed by atoms with Crippen molar-refractivity contribution in [2.45, 2.75) is 65.3 Å². The summed E-state index contributed by atoms with van der Waals surface area (Å²) in [5.74, 6) is -2.75. The minimum atomic E-state index is -1.10. The molecule has 2 amide bonds. The molecule has 0 saturated carbocycles. The van der Waals surface area contributed by atoms with Gasteiger partial charge in [-0.3, -0.25) is 9.59 Å². The summed E-state index contributed by atoms with van der Waals surface area (Å²) in [6, 6.07) is 5.61. The van der Waals surface area contributed by atoms with Crippen LogP contribution in [0.4, 0.5) is 5.69 Å². The third kappa shape index (κ3) is 5.44. The van der Waals surface area contributed by atoms with E-state index in [4.69, 9.17) is 0 Å². The van der Waals surface area contributed by atoms with E-state index >= 15 is 0 Å². The van der Waals surface area contributed by atoms with Gasteiger partial charge in [-0.1, -0.05) is 47.6 Å². The maximum absolute atomic E-state index is 13.0. The first kappa shape index (κ1) is 29.4. The van der Waals surface area contributed by atoms with Crippen molar-refractivity contribution in [2.24, 2.45) is 11.8 Å². The number of carboxylic acids is 2. The summed E-state index contributed by atoms with van der Waals surface area (Å²) in [4.78, 5) is 51.9. The zero-order chi connectivity index (χ0) is 27.3. The zero-order valence-corrected chi connectivity index (χ0v) is 22.8. The number of hydrogen-bond donors (Lipinski definition) is 3. The molecule has 0 bridgehead atoms. The van der Waals surface area contributed by atoms with Crippen LogP contribution in [0, 0.1) is 11.8 Å². The first-order chi connectivity index (χ1) is 17.1. The molecule has 9 nitrogen and oxygen atoms in total. The minimum Gasteiger partial charge on any atom is -0.478 e. The van der Waals surface area contributed by atoms with Crippen molar-refractivity contribution in [1.29, 1.82) is 0 Å². The molecule has 0 radical (unpaired) electrons. The molecule has 2 saturated heterocycles. The highest BCUT2D eigenvalue weighted by atomic mass is 32.2. The van der Waals surface area contributed by atoms with Crippen LogP contribution in [0.1, 0.15) is 58.3 Å². The molecule has 3 aliphatic heterocycles. The van der Waals surface area contributed by atoms with Gasteiger partial charge in [0.1, 0.15) is 5.70 Å². The lowest BCUT2D eigenvalue weighted by molar-refractivity contribution is -0.155. The Morgan fingerprint density at radius 2 is 1.69 bits per heavy atom. The van der Waals surface area contributed by atoms with Crippen LogP contribution in [0.3, 0.4) is 0 Å². The van der Waals surface area contributed by atoms with Gasteiger partial charge < -0.3 is 25.3 Å². The van der Waals surface area contributed by atoms with E-state index in [1.165, 1.54) is 33.7 Å². The Morgan fingerprint density at radius 3 is 2.28 bits per heavy atom. The Bertz CT molecular complexity index is 1040. The second-order valence-electron chi connectivity index (χ2n) is 8.48. The van der Waals surface area contributed by atoms with Gasteiger partial charge in [-0.2, -0.15) is 0 Å². The van der Waals surface area contributed by atoms with E-state index in [0.29, 0.717) is 23.6 Å². The Labute approximate surface area is 216 Å². The molecule has 2 fully saturated rings. The SMILES string of the molecule is CC.CC.CC1C(=O)N2C(C(=O)O)=C(SC3CNC(C(=O)N(C)c4cccc(C(=O)O)c4)C3)C(C)C12. The predicted molar refractivity (Wildman–Crippen MR) is 141 cm³/mol. The highest BCUT2D eigenvalue weighted by Crippen LogP contribution is 2.50. The van der Waals surface area contributed by atoms with Crippen LogP contribution in [-0.4, -0.2) is 69.8 Å². The van der Waals surface area contributed by atoms with Gasteiger partial charge in [0.25, 0.3) is 0 Å². The van der Waals surface area contributed by atoms with Crippen molar-refractivity contribution in [2.75, 3.05) is 18.5 Å². The van der Waals surface area contributed by atoms with E-state index in [9.17, 15) is 29.4 Å². The lowest BCUT2D eigenvalue weighted by atomic mass is 9.84. The number of anilines is 1. The molecule has 198 valence electrons. The number of β-lactam (4-membered cyclic amide) rings is 1. The average molecular weight is 520 g/mol. The number of carbonyl (C=O) groups excluding carboxylic acids is 2. The number of rotatable bonds is 6. The molecule has 5 unspecified atom stereocenters. The van der Waals surface area contributed by atoms with Crippen molar-refractivity contribution in [3.8, 4) is 0 Å². The highest BCUT2D eigenvalue weighted by molar-refractivity contribution is 8.03. The number of likely N-dealkylation sites (N-methyl/N-ethyl adjacent to an activating group) is 1. The first-order valence-corrected chi connectivity index (χ1v) is 13.3. The molecule has 4 rings (SSSR count). The predicted octanol–water partition coefficient (Wildman–Crippen LogP) is 3.66. The normalized spacial score (nSPS) is 26.1. The first-order valence-electron chi connectivity index (χ1n) is 12.4. The number of fused-ring (bicyclic) bond motifs is 1. The Kier molecular flexibility index (Phi) is 10.1. The van der Waals surface area contributed by atoms with Crippen LogP contribution in [0.2, 0.25) is 0 Å². The maximum Gasteiger partial charge on any atom is 0.353 e. The number of amides is 2. The fourth-order valence-electron chi connectivity index (χ4n) is 4.80. The second kappa shape index (κ2) is 12.4. The molecule has 3 heterocycles. The van der Waals surface area contributed by atoms with Crippen LogP contribution in [0.15, 0.2) is 34.9 Å². The molecule has 5 atom stereocenters. The number of thioether (sulfide) groups is 1. The summed E-state index contributed by atoms with van der Waals surface area (Å²) in [7, 11) is 1.60. The average Bonchev–Trinajstić information content (AvgIpc) is 3.46. The molecular weight excluding hydrogens is 482 g/mol. The Morgan fingerprint density at radius 1 is 1.06 bits per heavy atom. The van der Waals surface area contributed by atoms with Crippen molar-refractivity contribution >= 4 is 41.2 Å². The van der Waals surface area contributed by atoms with Gasteiger partial charge in [0.15, 0.2) is 0 Å². The number of benzene rings is 1. The maximum atomic E-state index is 13.0. The van der Waals surface area contributed by atoms with Crippen molar-refractivity contribution in [3.05, 3.63) is 40.4 Å². The van der Waals surface area contributed by atoms with Crippen molar-refractivity contribution in [1.82, 2.24) is 10.2 Å². The van der Waals surface area contributed by atoms with Gasteiger partial charge in [0.05, 0.1) is 23.6 Å². The van der Waals surface area contributed by atoms with E-state index in [0.717, 1.165) is 0 Å². The fourth-order valence-corrected chi connectivity index (χ4v) is 6.28. The van der Waals surface area contributed by atoms with E-state index in [2.05, 4.69) is 5.32 Å². The summed E-state index contributed by atoms with van der Waals surface area (Å²) >= 11 is 1.44. The molecule has 0 aromatic heterocycles. The third-order valence-electron chi connectivity index (χ3n) is 6.53. The van der Waals surface area contributed by atoms with Gasteiger partial charge >= 0.3 is 11.9 Å². The smallest absolute Gasteiger partial charge is 0.353 e. The molecular formula is C26H37N3O6S. The van der Waals surface area contributed by atoms with E-state index in [1.54, 1.807) is 19.2 Å². The second-order valence-corrected chi connectivity index (χ2v) is 9.83. The minimum absolute atomic E-state index is 0.0152. The molecule has 3 aliphatic rings. The number of aromatic carboxylic acids is 1. The number of carbonyl (C=O) groups is 4. The largest absolute Gasteiger partial charge is 0.478 e. The van der Waals surface area contributed by atoms with Crippen molar-refractivity contribution in [3.63, 3.8) is 0 Å². The quantitative estimate of drug-likeness (QED) is 0.486. The van der Waals surface area contributed by atoms with Gasteiger partial charge in [-0.25, -0.2) is 9.59 Å². The molecule has 0 spiro atoms. The molecule has 1 aromatic carbocycles. The molecule has 3 N–H and O–H groups in total. The van der Waals surface area contributed by atoms with Gasteiger partial charge in [-0.05, 0) is 24.6 Å². The lowest BCUT2D eigenvalue weighted by Gasteiger charge is -2.43.